The van der Waals surface area contributed by atoms with E-state index in [0.717, 1.165) is 31.6 Å². The monoisotopic (exact) mass is 267 g/mol. The van der Waals surface area contributed by atoms with Crippen molar-refractivity contribution >= 4 is 11.8 Å². The summed E-state index contributed by atoms with van der Waals surface area (Å²) < 4.78 is 38.5. The lowest BCUT2D eigenvalue weighted by atomic mass is 9.83. The van der Waals surface area contributed by atoms with Gasteiger partial charge in [0.2, 0.25) is 0 Å². The van der Waals surface area contributed by atoms with Crippen LogP contribution in [0.25, 0.3) is 0 Å². The van der Waals surface area contributed by atoms with E-state index in [9.17, 15) is 13.2 Å². The van der Waals surface area contributed by atoms with E-state index in [1.807, 2.05) is 11.8 Å². The zero-order valence-electron chi connectivity index (χ0n) is 9.93. The van der Waals surface area contributed by atoms with Crippen LogP contribution in [0, 0.1) is 11.8 Å². The van der Waals surface area contributed by atoms with Crippen molar-refractivity contribution in [1.82, 2.24) is 5.32 Å². The largest absolute Gasteiger partial charge is 0.393 e. The molecule has 100 valence electrons. The number of hydrogen-bond donors (Lipinski definition) is 1. The molecule has 1 aliphatic heterocycles. The average molecular weight is 267 g/mol. The Kier molecular flexibility index (Phi) is 4.64. The van der Waals surface area contributed by atoms with Gasteiger partial charge in [0.05, 0.1) is 5.92 Å². The van der Waals surface area contributed by atoms with E-state index < -0.39 is 12.1 Å². The maximum absolute atomic E-state index is 12.8. The third kappa shape index (κ3) is 3.78. The van der Waals surface area contributed by atoms with E-state index in [4.69, 9.17) is 0 Å². The van der Waals surface area contributed by atoms with Gasteiger partial charge in [-0.1, -0.05) is 12.8 Å². The molecule has 2 rings (SSSR count). The number of rotatable bonds is 3. The first kappa shape index (κ1) is 13.5. The lowest BCUT2D eigenvalue weighted by Gasteiger charge is -2.34. The van der Waals surface area contributed by atoms with E-state index in [2.05, 4.69) is 5.32 Å². The molecule has 2 fully saturated rings. The summed E-state index contributed by atoms with van der Waals surface area (Å²) in [7, 11) is 0. The third-order valence-electron chi connectivity index (χ3n) is 3.88. The molecule has 1 nitrogen and oxygen atoms in total. The lowest BCUT2D eigenvalue weighted by Crippen LogP contribution is -2.46. The Bertz CT molecular complexity index is 238. The van der Waals surface area contributed by atoms with Crippen molar-refractivity contribution in [3.63, 3.8) is 0 Å². The van der Waals surface area contributed by atoms with Crippen LogP contribution < -0.4 is 5.32 Å². The predicted octanol–water partition coefficient (Wildman–Crippen LogP) is 3.45. The van der Waals surface area contributed by atoms with Gasteiger partial charge in [0.15, 0.2) is 0 Å². The fraction of sp³-hybridized carbons (Fsp3) is 1.00. The van der Waals surface area contributed by atoms with E-state index in [1.54, 1.807) is 0 Å². The summed E-state index contributed by atoms with van der Waals surface area (Å²) in [6.07, 6.45) is -0.223. The topological polar surface area (TPSA) is 12.0 Å². The molecule has 0 spiro atoms. The average Bonchev–Trinajstić information content (AvgIpc) is 2.78. The second-order valence-electron chi connectivity index (χ2n) is 5.18. The summed E-state index contributed by atoms with van der Waals surface area (Å²) >= 11 is 1.91. The molecule has 1 aliphatic carbocycles. The maximum Gasteiger partial charge on any atom is 0.393 e. The molecule has 1 heterocycles. The minimum absolute atomic E-state index is 0.306. The molecular weight excluding hydrogens is 247 g/mol. The summed E-state index contributed by atoms with van der Waals surface area (Å²) in [5.74, 6) is 1.73. The Morgan fingerprint density at radius 1 is 1.12 bits per heavy atom. The van der Waals surface area contributed by atoms with Crippen LogP contribution in [0.1, 0.15) is 32.1 Å². The molecule has 0 bridgehead atoms. The smallest absolute Gasteiger partial charge is 0.313 e. The summed E-state index contributed by atoms with van der Waals surface area (Å²) in [5.41, 5.74) is 0. The lowest BCUT2D eigenvalue weighted by molar-refractivity contribution is -0.189. The van der Waals surface area contributed by atoms with E-state index in [0.29, 0.717) is 18.8 Å². The molecule has 0 radical (unpaired) electrons. The number of alkyl halides is 3. The summed E-state index contributed by atoms with van der Waals surface area (Å²) in [6, 6.07) is -0.339. The van der Waals surface area contributed by atoms with Crippen molar-refractivity contribution in [3.8, 4) is 0 Å². The molecule has 0 amide bonds. The highest BCUT2D eigenvalue weighted by Crippen LogP contribution is 2.38. The predicted molar refractivity (Wildman–Crippen MR) is 65.2 cm³/mol. The highest BCUT2D eigenvalue weighted by Gasteiger charge is 2.45. The van der Waals surface area contributed by atoms with Gasteiger partial charge in [0.25, 0.3) is 0 Å². The third-order valence-corrected chi connectivity index (χ3v) is 5.11. The van der Waals surface area contributed by atoms with Crippen LogP contribution in [0.4, 0.5) is 13.2 Å². The second kappa shape index (κ2) is 5.83. The molecule has 3 unspecified atom stereocenters. The normalized spacial score (nSPS) is 35.1. The fourth-order valence-electron chi connectivity index (χ4n) is 2.83. The van der Waals surface area contributed by atoms with Crippen molar-refractivity contribution in [2.75, 3.05) is 18.1 Å². The van der Waals surface area contributed by atoms with Crippen LogP contribution in [0.15, 0.2) is 0 Å². The van der Waals surface area contributed by atoms with Gasteiger partial charge in [0, 0.05) is 6.04 Å². The minimum atomic E-state index is -4.03. The first-order valence-electron chi connectivity index (χ1n) is 6.45. The number of thioether (sulfide) groups is 1. The summed E-state index contributed by atoms with van der Waals surface area (Å²) in [5, 5.41) is 3.19. The van der Waals surface area contributed by atoms with E-state index >= 15 is 0 Å². The zero-order chi connectivity index (χ0) is 12.3. The van der Waals surface area contributed by atoms with Crippen LogP contribution in [0.3, 0.4) is 0 Å². The quantitative estimate of drug-likeness (QED) is 0.840. The Morgan fingerprint density at radius 3 is 2.53 bits per heavy atom. The standard InChI is InChI=1S/C12H20F3NS/c13-12(14,15)10-3-1-2-4-11(10)16-7-9-5-6-17-8-9/h9-11,16H,1-8H2. The van der Waals surface area contributed by atoms with Gasteiger partial charge >= 0.3 is 6.18 Å². The Balaban J connectivity index is 1.83. The van der Waals surface area contributed by atoms with Gasteiger partial charge in [-0.25, -0.2) is 0 Å². The van der Waals surface area contributed by atoms with Crippen molar-refractivity contribution < 1.29 is 13.2 Å². The van der Waals surface area contributed by atoms with Gasteiger partial charge in [-0.05, 0) is 43.2 Å². The van der Waals surface area contributed by atoms with Gasteiger partial charge in [0.1, 0.15) is 0 Å². The highest BCUT2D eigenvalue weighted by molar-refractivity contribution is 7.99. The van der Waals surface area contributed by atoms with Crippen molar-refractivity contribution in [1.29, 1.82) is 0 Å². The molecule has 2 aliphatic rings. The number of halogens is 3. The fourth-order valence-corrected chi connectivity index (χ4v) is 4.11. The Labute approximate surface area is 105 Å². The van der Waals surface area contributed by atoms with Crippen LogP contribution in [-0.4, -0.2) is 30.3 Å². The Morgan fingerprint density at radius 2 is 1.88 bits per heavy atom. The molecule has 3 atom stereocenters. The van der Waals surface area contributed by atoms with Crippen LogP contribution in [0.2, 0.25) is 0 Å². The molecule has 1 N–H and O–H groups in total. The van der Waals surface area contributed by atoms with Gasteiger partial charge in [-0.3, -0.25) is 0 Å². The molecule has 5 heteroatoms. The molecular formula is C12H20F3NS. The highest BCUT2D eigenvalue weighted by atomic mass is 32.2. The Hall–Kier alpha value is 0.100. The number of nitrogens with one attached hydrogen (secondary N) is 1. The second-order valence-corrected chi connectivity index (χ2v) is 6.33. The van der Waals surface area contributed by atoms with Crippen LogP contribution in [-0.2, 0) is 0 Å². The first-order chi connectivity index (χ1) is 8.07. The van der Waals surface area contributed by atoms with Gasteiger partial charge in [-0.2, -0.15) is 24.9 Å². The molecule has 17 heavy (non-hydrogen) atoms. The SMILES string of the molecule is FC(F)(F)C1CCCCC1NCC1CCSC1. The van der Waals surface area contributed by atoms with E-state index in [-0.39, 0.29) is 6.04 Å². The van der Waals surface area contributed by atoms with Crippen molar-refractivity contribution in [2.45, 2.75) is 44.3 Å². The summed E-state index contributed by atoms with van der Waals surface area (Å²) in [4.78, 5) is 0. The van der Waals surface area contributed by atoms with E-state index in [1.165, 1.54) is 5.75 Å². The molecule has 1 saturated heterocycles. The van der Waals surface area contributed by atoms with Crippen LogP contribution >= 0.6 is 11.8 Å². The van der Waals surface area contributed by atoms with Gasteiger partial charge in [-0.15, -0.1) is 0 Å². The van der Waals surface area contributed by atoms with Crippen LogP contribution in [0.5, 0.6) is 0 Å². The van der Waals surface area contributed by atoms with Crippen molar-refractivity contribution in [2.24, 2.45) is 11.8 Å². The molecule has 0 aromatic heterocycles. The zero-order valence-corrected chi connectivity index (χ0v) is 10.7. The minimum Gasteiger partial charge on any atom is -0.313 e. The van der Waals surface area contributed by atoms with Gasteiger partial charge < -0.3 is 5.32 Å². The molecule has 0 aromatic rings. The van der Waals surface area contributed by atoms with Crippen molar-refractivity contribution in [3.05, 3.63) is 0 Å². The molecule has 1 saturated carbocycles. The first-order valence-corrected chi connectivity index (χ1v) is 7.60. The number of hydrogen-bond acceptors (Lipinski definition) is 2. The summed E-state index contributed by atoms with van der Waals surface area (Å²) in [6.45, 7) is 0.768. The maximum atomic E-state index is 12.8. The molecule has 0 aromatic carbocycles.